The quantitative estimate of drug-likeness (QED) is 0.205. The van der Waals surface area contributed by atoms with Crippen LogP contribution in [0.15, 0.2) is 85.5 Å². The van der Waals surface area contributed by atoms with Crippen LogP contribution in [0.25, 0.3) is 33.4 Å². The van der Waals surface area contributed by atoms with E-state index in [4.69, 9.17) is 9.84 Å². The summed E-state index contributed by atoms with van der Waals surface area (Å²) in [5.41, 5.74) is 5.13. The van der Waals surface area contributed by atoms with Crippen LogP contribution in [0.4, 0.5) is 20.6 Å². The molecule has 6 rings (SSSR count). The van der Waals surface area contributed by atoms with Gasteiger partial charge in [0, 0.05) is 60.3 Å². The van der Waals surface area contributed by atoms with E-state index in [0.717, 1.165) is 27.7 Å². The maximum Gasteiger partial charge on any atom is 0.323 e. The molecule has 2 aromatic carbocycles. The van der Waals surface area contributed by atoms with Gasteiger partial charge in [-0.1, -0.05) is 12.1 Å². The van der Waals surface area contributed by atoms with E-state index in [9.17, 15) is 4.79 Å². The first-order chi connectivity index (χ1) is 20.7. The average molecular weight is 577 g/mol. The summed E-state index contributed by atoms with van der Waals surface area (Å²) >= 11 is 0. The highest BCUT2D eigenvalue weighted by Gasteiger charge is 2.21. The van der Waals surface area contributed by atoms with E-state index in [-0.39, 0.29) is 17.5 Å². The summed E-state index contributed by atoms with van der Waals surface area (Å²) in [4.78, 5) is 21.9. The van der Waals surface area contributed by atoms with Crippen LogP contribution in [0.3, 0.4) is 0 Å². The number of ether oxygens (including phenoxy) is 1. The van der Waals surface area contributed by atoms with Crippen LogP contribution in [0.1, 0.15) is 25.6 Å². The zero-order valence-corrected chi connectivity index (χ0v) is 24.0. The first kappa shape index (κ1) is 27.6. The number of nitrogens with zero attached hydrogens (tertiary/aromatic N) is 6. The molecule has 0 spiro atoms. The van der Waals surface area contributed by atoms with E-state index in [0.29, 0.717) is 22.8 Å². The summed E-state index contributed by atoms with van der Waals surface area (Å²) in [6.45, 7) is 5.92. The van der Waals surface area contributed by atoms with Gasteiger partial charge in [-0.15, -0.1) is 0 Å². The number of amides is 2. The molecule has 0 aliphatic carbocycles. The van der Waals surface area contributed by atoms with E-state index in [1.165, 1.54) is 12.1 Å². The van der Waals surface area contributed by atoms with Crippen LogP contribution in [-0.2, 0) is 7.05 Å². The number of aryl methyl sites for hydroxylation is 1. The number of anilines is 2. The number of pyridine rings is 2. The van der Waals surface area contributed by atoms with E-state index in [1.807, 2.05) is 69.0 Å². The highest BCUT2D eigenvalue weighted by Crippen LogP contribution is 2.34. The molecule has 0 unspecified atom stereocenters. The van der Waals surface area contributed by atoms with E-state index >= 15 is 4.39 Å². The van der Waals surface area contributed by atoms with Gasteiger partial charge in [0.2, 0.25) is 0 Å². The number of nitrogens with one attached hydrogen (secondary N) is 2. The van der Waals surface area contributed by atoms with Crippen molar-refractivity contribution in [3.8, 4) is 34.0 Å². The van der Waals surface area contributed by atoms with E-state index < -0.39 is 11.8 Å². The molecule has 0 aliphatic heterocycles. The molecular formula is C32H29FN8O2. The summed E-state index contributed by atoms with van der Waals surface area (Å²) in [5.74, 6) is 0.112. The fourth-order valence-corrected chi connectivity index (χ4v) is 4.85. The molecule has 0 saturated carbocycles. The number of benzene rings is 2. The van der Waals surface area contributed by atoms with Gasteiger partial charge >= 0.3 is 6.03 Å². The molecule has 0 saturated heterocycles. The molecule has 0 bridgehead atoms. The monoisotopic (exact) mass is 576 g/mol. The molecule has 6 aromatic rings. The van der Waals surface area contributed by atoms with Gasteiger partial charge in [0.15, 0.2) is 0 Å². The molecule has 43 heavy (non-hydrogen) atoms. The van der Waals surface area contributed by atoms with Crippen molar-refractivity contribution in [2.24, 2.45) is 7.05 Å². The zero-order chi connectivity index (χ0) is 30.1. The Morgan fingerprint density at radius 3 is 2.56 bits per heavy atom. The first-order valence-electron chi connectivity index (χ1n) is 13.7. The molecule has 0 atom stereocenters. The number of urea groups is 1. The number of carbonyl (C=O) groups is 1. The van der Waals surface area contributed by atoms with Crippen molar-refractivity contribution in [2.75, 3.05) is 10.6 Å². The number of halogens is 1. The maximum absolute atomic E-state index is 15.1. The summed E-state index contributed by atoms with van der Waals surface area (Å²) in [6, 6.07) is 16.8. The maximum atomic E-state index is 15.1. The molecule has 10 nitrogen and oxygen atoms in total. The lowest BCUT2D eigenvalue weighted by atomic mass is 10.1. The van der Waals surface area contributed by atoms with Crippen molar-refractivity contribution in [3.63, 3.8) is 0 Å². The molecule has 2 N–H and O–H groups in total. The van der Waals surface area contributed by atoms with Crippen molar-refractivity contribution in [1.29, 1.82) is 0 Å². The van der Waals surface area contributed by atoms with Crippen LogP contribution in [0.2, 0.25) is 0 Å². The second-order valence-electron chi connectivity index (χ2n) is 10.4. The second-order valence-corrected chi connectivity index (χ2v) is 10.4. The largest absolute Gasteiger partial charge is 0.457 e. The third kappa shape index (κ3) is 5.78. The van der Waals surface area contributed by atoms with E-state index in [2.05, 4.69) is 25.7 Å². The number of carbonyl (C=O) groups excluding carboxylic acids is 1. The third-order valence-corrected chi connectivity index (χ3v) is 6.91. The molecule has 216 valence electrons. The second kappa shape index (κ2) is 11.4. The van der Waals surface area contributed by atoms with Crippen LogP contribution >= 0.6 is 0 Å². The fourth-order valence-electron chi connectivity index (χ4n) is 4.85. The Hall–Kier alpha value is -5.58. The topological polar surface area (TPSA) is 112 Å². The fraction of sp³-hybridized carbons (Fsp3) is 0.156. The number of hydrogen-bond acceptors (Lipinski definition) is 6. The van der Waals surface area contributed by atoms with Crippen molar-refractivity contribution < 1.29 is 13.9 Å². The minimum atomic E-state index is -0.647. The summed E-state index contributed by atoms with van der Waals surface area (Å²) in [5, 5.41) is 15.4. The van der Waals surface area contributed by atoms with Gasteiger partial charge in [0.25, 0.3) is 0 Å². The van der Waals surface area contributed by atoms with Gasteiger partial charge in [0.05, 0.1) is 34.5 Å². The lowest BCUT2D eigenvalue weighted by molar-refractivity contribution is 0.262. The molecule has 11 heteroatoms. The lowest BCUT2D eigenvalue weighted by Crippen LogP contribution is -2.21. The van der Waals surface area contributed by atoms with Crippen molar-refractivity contribution >= 4 is 28.3 Å². The SMILES string of the molecule is Cc1c(NC(=O)Nc2ccc(Oc3ccnc(-c4cnn(C)c4)c3)cc2F)c(-c2ccc3ncccc3c2)nn1C(C)C. The van der Waals surface area contributed by atoms with Gasteiger partial charge in [0.1, 0.15) is 23.0 Å². The zero-order valence-electron chi connectivity index (χ0n) is 24.0. The van der Waals surface area contributed by atoms with Gasteiger partial charge < -0.3 is 15.4 Å². The molecule has 0 fully saturated rings. The van der Waals surface area contributed by atoms with Crippen LogP contribution in [0, 0.1) is 12.7 Å². The van der Waals surface area contributed by atoms with Crippen LogP contribution in [-0.4, -0.2) is 35.6 Å². The number of fused-ring (bicyclic) bond motifs is 1. The predicted octanol–water partition coefficient (Wildman–Crippen LogP) is 7.36. The molecule has 0 aliphatic rings. The number of rotatable bonds is 7. The molecule has 4 heterocycles. The lowest BCUT2D eigenvalue weighted by Gasteiger charge is -2.12. The van der Waals surface area contributed by atoms with Gasteiger partial charge in [-0.2, -0.15) is 10.2 Å². The summed E-state index contributed by atoms with van der Waals surface area (Å²) < 4.78 is 24.5. The third-order valence-electron chi connectivity index (χ3n) is 6.91. The average Bonchev–Trinajstić information content (AvgIpc) is 3.57. The summed E-state index contributed by atoms with van der Waals surface area (Å²) in [7, 11) is 1.82. The smallest absolute Gasteiger partial charge is 0.323 e. The van der Waals surface area contributed by atoms with E-state index in [1.54, 1.807) is 41.5 Å². The highest BCUT2D eigenvalue weighted by atomic mass is 19.1. The van der Waals surface area contributed by atoms with Gasteiger partial charge in [-0.3, -0.25) is 19.3 Å². The Balaban J connectivity index is 1.20. The standard InChI is InChI=1S/C32H29FN8O2/c1-19(2)41-20(3)30(31(39-41)22-7-9-27-21(14-22)6-5-12-34-27)38-32(42)37-28-10-8-24(15-26(28)33)43-25-11-13-35-29(16-25)23-17-36-40(4)18-23/h5-19H,1-4H3,(H2,37,38,42). The van der Waals surface area contributed by atoms with Crippen molar-refractivity contribution in [2.45, 2.75) is 26.8 Å². The Morgan fingerprint density at radius 2 is 1.79 bits per heavy atom. The first-order valence-corrected chi connectivity index (χ1v) is 13.7. The Labute approximate surface area is 247 Å². The van der Waals surface area contributed by atoms with Gasteiger partial charge in [-0.05, 0) is 57.2 Å². The molecule has 4 aromatic heterocycles. The Morgan fingerprint density at radius 1 is 0.953 bits per heavy atom. The normalized spacial score (nSPS) is 11.2. The minimum absolute atomic E-state index is 0.00265. The number of aromatic nitrogens is 6. The highest BCUT2D eigenvalue weighted by molar-refractivity contribution is 6.03. The van der Waals surface area contributed by atoms with Crippen molar-refractivity contribution in [3.05, 3.63) is 97.0 Å². The van der Waals surface area contributed by atoms with Gasteiger partial charge in [-0.25, -0.2) is 9.18 Å². The van der Waals surface area contributed by atoms with Crippen molar-refractivity contribution in [1.82, 2.24) is 29.5 Å². The Bertz CT molecular complexity index is 1960. The minimum Gasteiger partial charge on any atom is -0.457 e. The molecule has 0 radical (unpaired) electrons. The van der Waals surface area contributed by atoms with Crippen LogP contribution in [0.5, 0.6) is 11.5 Å². The summed E-state index contributed by atoms with van der Waals surface area (Å²) in [6.07, 6.45) is 6.90. The number of hydrogen-bond donors (Lipinski definition) is 2. The predicted molar refractivity (Wildman–Crippen MR) is 164 cm³/mol. The van der Waals surface area contributed by atoms with Crippen LogP contribution < -0.4 is 15.4 Å². The molecular weight excluding hydrogens is 547 g/mol. The Kier molecular flexibility index (Phi) is 7.29. The molecule has 2 amide bonds.